The van der Waals surface area contributed by atoms with Crippen molar-refractivity contribution >= 4 is 0 Å². The number of rotatable bonds is 7. The molecule has 0 aliphatic rings. The van der Waals surface area contributed by atoms with Crippen LogP contribution in [-0.2, 0) is 26.6 Å². The quantitative estimate of drug-likeness (QED) is 0.752. The highest BCUT2D eigenvalue weighted by atomic mass is 15.3. The van der Waals surface area contributed by atoms with Gasteiger partial charge in [0.2, 0.25) is 0 Å². The number of nitrogens with one attached hydrogen (secondary N) is 1. The Kier molecular flexibility index (Phi) is 4.52. The molecule has 0 atom stereocenters. The molecule has 0 saturated carbocycles. The molecule has 0 bridgehead atoms. The number of hydrogen-bond acceptors (Lipinski definition) is 3. The third-order valence-corrected chi connectivity index (χ3v) is 2.87. The second-order valence-electron chi connectivity index (χ2n) is 4.45. The minimum absolute atomic E-state index is 0.870. The molecule has 18 heavy (non-hydrogen) atoms. The Balaban J connectivity index is 1.73. The second kappa shape index (κ2) is 6.35. The number of hydrogen-bond donors (Lipinski definition) is 1. The SMILES string of the molecule is CCCn1cccc1CNCCc1ncn(C)n1. The van der Waals surface area contributed by atoms with Gasteiger partial charge in [0.25, 0.3) is 0 Å². The molecule has 0 unspecified atom stereocenters. The lowest BCUT2D eigenvalue weighted by molar-refractivity contribution is 0.597. The van der Waals surface area contributed by atoms with Crippen LogP contribution in [0.15, 0.2) is 24.7 Å². The van der Waals surface area contributed by atoms with Gasteiger partial charge in [-0.1, -0.05) is 6.92 Å². The summed E-state index contributed by atoms with van der Waals surface area (Å²) >= 11 is 0. The summed E-state index contributed by atoms with van der Waals surface area (Å²) in [5.74, 6) is 0.897. The van der Waals surface area contributed by atoms with Crippen molar-refractivity contribution in [3.63, 3.8) is 0 Å². The largest absolute Gasteiger partial charge is 0.350 e. The van der Waals surface area contributed by atoms with Crippen molar-refractivity contribution in [1.29, 1.82) is 0 Å². The fourth-order valence-corrected chi connectivity index (χ4v) is 1.98. The fourth-order valence-electron chi connectivity index (χ4n) is 1.98. The highest BCUT2D eigenvalue weighted by Crippen LogP contribution is 2.03. The summed E-state index contributed by atoms with van der Waals surface area (Å²) < 4.78 is 4.04. The van der Waals surface area contributed by atoms with Crippen LogP contribution in [0.2, 0.25) is 0 Å². The van der Waals surface area contributed by atoms with Crippen molar-refractivity contribution < 1.29 is 0 Å². The molecule has 0 saturated heterocycles. The minimum Gasteiger partial charge on any atom is -0.350 e. The van der Waals surface area contributed by atoms with Crippen LogP contribution in [-0.4, -0.2) is 25.9 Å². The first-order valence-electron chi connectivity index (χ1n) is 6.49. The van der Waals surface area contributed by atoms with Gasteiger partial charge in [0, 0.05) is 45.0 Å². The molecule has 1 N–H and O–H groups in total. The molecule has 0 amide bonds. The van der Waals surface area contributed by atoms with E-state index < -0.39 is 0 Å². The van der Waals surface area contributed by atoms with Crippen LogP contribution in [0.4, 0.5) is 0 Å². The maximum absolute atomic E-state index is 4.25. The summed E-state index contributed by atoms with van der Waals surface area (Å²) in [4.78, 5) is 4.20. The van der Waals surface area contributed by atoms with Crippen LogP contribution >= 0.6 is 0 Å². The average Bonchev–Trinajstić information content (AvgIpc) is 2.95. The van der Waals surface area contributed by atoms with E-state index in [1.807, 2.05) is 7.05 Å². The van der Waals surface area contributed by atoms with E-state index in [1.165, 1.54) is 12.1 Å². The lowest BCUT2D eigenvalue weighted by Gasteiger charge is -2.08. The Hall–Kier alpha value is -1.62. The smallest absolute Gasteiger partial charge is 0.151 e. The maximum atomic E-state index is 4.25. The molecule has 0 aliphatic carbocycles. The van der Waals surface area contributed by atoms with Gasteiger partial charge in [-0.15, -0.1) is 0 Å². The van der Waals surface area contributed by atoms with E-state index in [-0.39, 0.29) is 0 Å². The second-order valence-corrected chi connectivity index (χ2v) is 4.45. The van der Waals surface area contributed by atoms with Crippen LogP contribution in [0.3, 0.4) is 0 Å². The predicted molar refractivity (Wildman–Crippen MR) is 71.1 cm³/mol. The van der Waals surface area contributed by atoms with Gasteiger partial charge in [0.05, 0.1) is 0 Å². The topological polar surface area (TPSA) is 47.7 Å². The number of nitrogens with zero attached hydrogens (tertiary/aromatic N) is 4. The summed E-state index contributed by atoms with van der Waals surface area (Å²) in [7, 11) is 1.89. The Labute approximate surface area is 108 Å². The van der Waals surface area contributed by atoms with Gasteiger partial charge in [-0.2, -0.15) is 5.10 Å². The maximum Gasteiger partial charge on any atom is 0.151 e. The van der Waals surface area contributed by atoms with E-state index in [9.17, 15) is 0 Å². The number of aryl methyl sites for hydroxylation is 2. The van der Waals surface area contributed by atoms with Gasteiger partial charge in [0.15, 0.2) is 5.82 Å². The van der Waals surface area contributed by atoms with Crippen molar-refractivity contribution in [2.24, 2.45) is 7.05 Å². The molecule has 2 rings (SSSR count). The van der Waals surface area contributed by atoms with Crippen LogP contribution in [0.25, 0.3) is 0 Å². The van der Waals surface area contributed by atoms with Gasteiger partial charge < -0.3 is 9.88 Å². The van der Waals surface area contributed by atoms with Crippen LogP contribution < -0.4 is 5.32 Å². The van der Waals surface area contributed by atoms with Crippen LogP contribution in [0.1, 0.15) is 24.9 Å². The van der Waals surface area contributed by atoms with E-state index >= 15 is 0 Å². The molecule has 2 aromatic heterocycles. The molecule has 0 radical (unpaired) electrons. The normalized spacial score (nSPS) is 11.0. The lowest BCUT2D eigenvalue weighted by atomic mass is 10.3. The average molecular weight is 247 g/mol. The van der Waals surface area contributed by atoms with Crippen LogP contribution in [0, 0.1) is 0 Å². The zero-order valence-electron chi connectivity index (χ0n) is 11.1. The molecule has 0 fully saturated rings. The molecular weight excluding hydrogens is 226 g/mol. The zero-order valence-corrected chi connectivity index (χ0v) is 11.1. The summed E-state index contributed by atoms with van der Waals surface area (Å²) in [6.07, 6.45) is 5.91. The van der Waals surface area contributed by atoms with Gasteiger partial charge in [-0.3, -0.25) is 4.68 Å². The Morgan fingerprint density at radius 1 is 1.39 bits per heavy atom. The fraction of sp³-hybridized carbons (Fsp3) is 0.538. The molecular formula is C13H21N5. The number of aromatic nitrogens is 4. The summed E-state index contributed by atoms with van der Waals surface area (Å²) in [5, 5.41) is 7.69. The van der Waals surface area contributed by atoms with Crippen molar-refractivity contribution in [3.05, 3.63) is 36.2 Å². The minimum atomic E-state index is 0.870. The van der Waals surface area contributed by atoms with Gasteiger partial charge in [-0.25, -0.2) is 4.98 Å². The molecule has 5 nitrogen and oxygen atoms in total. The van der Waals surface area contributed by atoms with Gasteiger partial charge in [-0.05, 0) is 18.6 Å². The molecule has 0 aliphatic heterocycles. The summed E-state index contributed by atoms with van der Waals surface area (Å²) in [5.41, 5.74) is 1.34. The van der Waals surface area contributed by atoms with Crippen molar-refractivity contribution in [2.75, 3.05) is 6.54 Å². The standard InChI is InChI=1S/C13H21N5/c1-3-8-18-9-4-5-12(18)10-14-7-6-13-15-11-17(2)16-13/h4-5,9,11,14H,3,6-8,10H2,1-2H3. The first-order valence-corrected chi connectivity index (χ1v) is 6.49. The summed E-state index contributed by atoms with van der Waals surface area (Å²) in [6.45, 7) is 5.09. The molecule has 5 heteroatoms. The monoisotopic (exact) mass is 247 g/mol. The highest BCUT2D eigenvalue weighted by molar-refractivity contribution is 5.06. The summed E-state index contributed by atoms with van der Waals surface area (Å²) in [6, 6.07) is 4.27. The van der Waals surface area contributed by atoms with Crippen molar-refractivity contribution in [2.45, 2.75) is 32.9 Å². The third-order valence-electron chi connectivity index (χ3n) is 2.87. The Bertz CT molecular complexity index is 471. The van der Waals surface area contributed by atoms with Crippen LogP contribution in [0.5, 0.6) is 0 Å². The third kappa shape index (κ3) is 3.43. The van der Waals surface area contributed by atoms with Gasteiger partial charge in [0.1, 0.15) is 6.33 Å². The zero-order chi connectivity index (χ0) is 12.8. The Morgan fingerprint density at radius 2 is 2.28 bits per heavy atom. The van der Waals surface area contributed by atoms with Crippen molar-refractivity contribution in [1.82, 2.24) is 24.6 Å². The van der Waals surface area contributed by atoms with E-state index in [4.69, 9.17) is 0 Å². The van der Waals surface area contributed by atoms with Gasteiger partial charge >= 0.3 is 0 Å². The predicted octanol–water partition coefficient (Wildman–Crippen LogP) is 1.36. The van der Waals surface area contributed by atoms with E-state index in [0.717, 1.165) is 31.9 Å². The van der Waals surface area contributed by atoms with E-state index in [0.29, 0.717) is 0 Å². The molecule has 2 aromatic rings. The molecule has 0 aromatic carbocycles. The first-order chi connectivity index (χ1) is 8.79. The van der Waals surface area contributed by atoms with E-state index in [1.54, 1.807) is 11.0 Å². The van der Waals surface area contributed by atoms with Crippen molar-refractivity contribution in [3.8, 4) is 0 Å². The highest BCUT2D eigenvalue weighted by Gasteiger charge is 2.01. The molecule has 0 spiro atoms. The lowest BCUT2D eigenvalue weighted by Crippen LogP contribution is -2.19. The molecule has 2 heterocycles. The first kappa shape index (κ1) is 12.8. The van der Waals surface area contributed by atoms with E-state index in [2.05, 4.69) is 45.2 Å². The Morgan fingerprint density at radius 3 is 3.00 bits per heavy atom. The molecule has 98 valence electrons.